The number of hydrogen-bond donors (Lipinski definition) is 1. The highest BCUT2D eigenvalue weighted by atomic mass is 32.1. The van der Waals surface area contributed by atoms with Crippen LogP contribution in [-0.4, -0.2) is 23.0 Å². The van der Waals surface area contributed by atoms with Crippen molar-refractivity contribution in [1.29, 1.82) is 0 Å². The number of carbonyl (C=O) groups is 1. The number of thiazole rings is 1. The smallest absolute Gasteiger partial charge is 0.263 e. The van der Waals surface area contributed by atoms with Crippen LogP contribution in [0.4, 0.5) is 0 Å². The first-order chi connectivity index (χ1) is 12.5. The summed E-state index contributed by atoms with van der Waals surface area (Å²) in [6, 6.07) is 9.95. The van der Waals surface area contributed by atoms with Crippen LogP contribution in [0, 0.1) is 20.8 Å². The van der Waals surface area contributed by atoms with E-state index in [-0.39, 0.29) is 5.91 Å². The number of rotatable bonds is 5. The average molecular weight is 367 g/mol. The topological polar surface area (TPSA) is 64.1 Å². The maximum Gasteiger partial charge on any atom is 0.263 e. The van der Waals surface area contributed by atoms with Crippen LogP contribution in [-0.2, 0) is 6.54 Å². The van der Waals surface area contributed by atoms with Gasteiger partial charge in [-0.15, -0.1) is 11.3 Å². The van der Waals surface area contributed by atoms with Crippen molar-refractivity contribution in [1.82, 2.24) is 15.3 Å². The van der Waals surface area contributed by atoms with Crippen LogP contribution in [0.15, 0.2) is 36.5 Å². The summed E-state index contributed by atoms with van der Waals surface area (Å²) >= 11 is 1.42. The number of amides is 1. The zero-order chi connectivity index (χ0) is 18.7. The highest BCUT2D eigenvalue weighted by Gasteiger charge is 2.17. The zero-order valence-corrected chi connectivity index (χ0v) is 16.1. The minimum Gasteiger partial charge on any atom is -0.481 e. The lowest BCUT2D eigenvalue weighted by Crippen LogP contribution is -2.23. The third kappa shape index (κ3) is 3.75. The first-order valence-corrected chi connectivity index (χ1v) is 9.12. The number of carbonyl (C=O) groups excluding carboxylic acids is 1. The standard InChI is InChI=1S/C20H21N3O2S/c1-12-7-8-16(13(2)10-12)20-23-14(3)17(26-20)18(24)22-11-15-6-5-9-21-19(15)25-4/h5-10H,11H2,1-4H3,(H,22,24). The molecule has 6 heteroatoms. The van der Waals surface area contributed by atoms with Gasteiger partial charge in [-0.3, -0.25) is 4.79 Å². The number of nitrogens with zero attached hydrogens (tertiary/aromatic N) is 2. The molecule has 0 unspecified atom stereocenters. The minimum atomic E-state index is -0.137. The maximum absolute atomic E-state index is 12.6. The molecule has 26 heavy (non-hydrogen) atoms. The average Bonchev–Trinajstić information content (AvgIpc) is 3.01. The summed E-state index contributed by atoms with van der Waals surface area (Å²) in [7, 11) is 1.57. The number of nitrogens with one attached hydrogen (secondary N) is 1. The lowest BCUT2D eigenvalue weighted by Gasteiger charge is -2.07. The highest BCUT2D eigenvalue weighted by Crippen LogP contribution is 2.30. The van der Waals surface area contributed by atoms with Gasteiger partial charge < -0.3 is 10.1 Å². The van der Waals surface area contributed by atoms with E-state index >= 15 is 0 Å². The maximum atomic E-state index is 12.6. The Morgan fingerprint density at radius 3 is 2.77 bits per heavy atom. The second kappa shape index (κ2) is 7.66. The fourth-order valence-corrected chi connectivity index (χ4v) is 3.85. The van der Waals surface area contributed by atoms with Crippen LogP contribution in [0.5, 0.6) is 5.88 Å². The summed E-state index contributed by atoms with van der Waals surface area (Å²) < 4.78 is 5.22. The summed E-state index contributed by atoms with van der Waals surface area (Å²) in [5, 5.41) is 3.80. The van der Waals surface area contributed by atoms with E-state index in [1.807, 2.05) is 19.1 Å². The molecule has 1 N–H and O–H groups in total. The van der Waals surface area contributed by atoms with E-state index in [0.717, 1.165) is 27.4 Å². The fraction of sp³-hybridized carbons (Fsp3) is 0.250. The predicted molar refractivity (Wildman–Crippen MR) is 104 cm³/mol. The van der Waals surface area contributed by atoms with E-state index in [0.29, 0.717) is 17.3 Å². The van der Waals surface area contributed by atoms with Gasteiger partial charge >= 0.3 is 0 Å². The molecule has 0 aliphatic heterocycles. The van der Waals surface area contributed by atoms with Crippen molar-refractivity contribution in [2.24, 2.45) is 0 Å². The highest BCUT2D eigenvalue weighted by molar-refractivity contribution is 7.17. The molecule has 1 aromatic carbocycles. The van der Waals surface area contributed by atoms with Crippen LogP contribution in [0.1, 0.15) is 32.1 Å². The summed E-state index contributed by atoms with van der Waals surface area (Å²) in [6.45, 7) is 6.35. The van der Waals surface area contributed by atoms with Crippen LogP contribution in [0.25, 0.3) is 10.6 Å². The first-order valence-electron chi connectivity index (χ1n) is 8.30. The van der Waals surface area contributed by atoms with E-state index in [4.69, 9.17) is 4.74 Å². The van der Waals surface area contributed by atoms with Gasteiger partial charge in [-0.25, -0.2) is 9.97 Å². The Balaban J connectivity index is 1.79. The third-order valence-electron chi connectivity index (χ3n) is 4.10. The minimum absolute atomic E-state index is 0.137. The summed E-state index contributed by atoms with van der Waals surface area (Å²) in [5.41, 5.74) is 5.01. The lowest BCUT2D eigenvalue weighted by molar-refractivity contribution is 0.0954. The third-order valence-corrected chi connectivity index (χ3v) is 5.29. The van der Waals surface area contributed by atoms with E-state index in [2.05, 4.69) is 47.3 Å². The van der Waals surface area contributed by atoms with Crippen LogP contribution < -0.4 is 10.1 Å². The molecule has 2 heterocycles. The van der Waals surface area contributed by atoms with Crippen molar-refractivity contribution >= 4 is 17.2 Å². The molecule has 0 saturated heterocycles. The van der Waals surface area contributed by atoms with Crippen molar-refractivity contribution in [3.05, 3.63) is 63.8 Å². The number of methoxy groups -OCH3 is 1. The molecule has 1 amide bonds. The zero-order valence-electron chi connectivity index (χ0n) is 15.3. The molecule has 0 radical (unpaired) electrons. The number of ether oxygens (including phenoxy) is 1. The Hall–Kier alpha value is -2.73. The van der Waals surface area contributed by atoms with Crippen molar-refractivity contribution in [2.45, 2.75) is 27.3 Å². The Morgan fingerprint density at radius 2 is 2.04 bits per heavy atom. The number of hydrogen-bond acceptors (Lipinski definition) is 5. The van der Waals surface area contributed by atoms with E-state index in [1.165, 1.54) is 16.9 Å². The largest absolute Gasteiger partial charge is 0.481 e. The van der Waals surface area contributed by atoms with Crippen molar-refractivity contribution < 1.29 is 9.53 Å². The molecule has 0 saturated carbocycles. The molecule has 0 aliphatic carbocycles. The first kappa shape index (κ1) is 18.1. The Bertz CT molecular complexity index is 950. The van der Waals surface area contributed by atoms with Gasteiger partial charge in [0.25, 0.3) is 5.91 Å². The summed E-state index contributed by atoms with van der Waals surface area (Å²) in [5.74, 6) is 0.381. The van der Waals surface area contributed by atoms with E-state index in [9.17, 15) is 4.79 Å². The van der Waals surface area contributed by atoms with Crippen LogP contribution >= 0.6 is 11.3 Å². The van der Waals surface area contributed by atoms with Gasteiger partial charge in [-0.1, -0.05) is 29.8 Å². The Kier molecular flexibility index (Phi) is 5.32. The molecule has 0 bridgehead atoms. The second-order valence-corrected chi connectivity index (χ2v) is 7.11. The molecule has 5 nitrogen and oxygen atoms in total. The fourth-order valence-electron chi connectivity index (χ4n) is 2.77. The van der Waals surface area contributed by atoms with Gasteiger partial charge in [0.1, 0.15) is 9.88 Å². The molecule has 3 rings (SSSR count). The van der Waals surface area contributed by atoms with Crippen molar-refractivity contribution in [3.8, 4) is 16.5 Å². The molecule has 0 spiro atoms. The number of aryl methyl sites for hydroxylation is 3. The van der Waals surface area contributed by atoms with Crippen molar-refractivity contribution in [3.63, 3.8) is 0 Å². The molecule has 3 aromatic rings. The normalized spacial score (nSPS) is 10.6. The molecule has 0 fully saturated rings. The molecule has 2 aromatic heterocycles. The SMILES string of the molecule is COc1ncccc1CNC(=O)c1sc(-c2ccc(C)cc2C)nc1C. The molecule has 134 valence electrons. The molecular weight excluding hydrogens is 346 g/mol. The predicted octanol–water partition coefficient (Wildman–Crippen LogP) is 4.07. The van der Waals surface area contributed by atoms with Gasteiger partial charge in [0.05, 0.1) is 12.8 Å². The Labute approximate surface area is 157 Å². The van der Waals surface area contributed by atoms with Gasteiger partial charge in [-0.2, -0.15) is 0 Å². The number of pyridine rings is 1. The summed E-state index contributed by atoms with van der Waals surface area (Å²) in [6.07, 6.45) is 1.66. The molecule has 0 atom stereocenters. The van der Waals surface area contributed by atoms with Gasteiger partial charge in [0.2, 0.25) is 5.88 Å². The monoisotopic (exact) mass is 367 g/mol. The van der Waals surface area contributed by atoms with Gasteiger partial charge in [0, 0.05) is 23.9 Å². The van der Waals surface area contributed by atoms with Gasteiger partial charge in [-0.05, 0) is 32.4 Å². The van der Waals surface area contributed by atoms with E-state index < -0.39 is 0 Å². The Morgan fingerprint density at radius 1 is 1.23 bits per heavy atom. The quantitative estimate of drug-likeness (QED) is 0.738. The van der Waals surface area contributed by atoms with Gasteiger partial charge in [0.15, 0.2) is 0 Å². The van der Waals surface area contributed by atoms with Crippen molar-refractivity contribution in [2.75, 3.05) is 7.11 Å². The lowest BCUT2D eigenvalue weighted by atomic mass is 10.1. The van der Waals surface area contributed by atoms with Crippen LogP contribution in [0.3, 0.4) is 0 Å². The second-order valence-electron chi connectivity index (χ2n) is 6.11. The number of benzene rings is 1. The molecule has 0 aliphatic rings. The number of aromatic nitrogens is 2. The molecular formula is C20H21N3O2S. The van der Waals surface area contributed by atoms with E-state index in [1.54, 1.807) is 13.3 Å². The van der Waals surface area contributed by atoms with Crippen LogP contribution in [0.2, 0.25) is 0 Å². The summed E-state index contributed by atoms with van der Waals surface area (Å²) in [4.78, 5) is 22.0.